The molecule has 2 amide bonds. The number of piperidine rings is 2. The van der Waals surface area contributed by atoms with E-state index >= 15 is 0 Å². The zero-order chi connectivity index (χ0) is 24.9. The van der Waals surface area contributed by atoms with Crippen molar-refractivity contribution in [2.75, 3.05) is 41.3 Å². The molecule has 1 aromatic heterocycles. The number of hydrazone groups is 1. The minimum absolute atomic E-state index is 0.0644. The van der Waals surface area contributed by atoms with Crippen molar-refractivity contribution in [3.8, 4) is 0 Å². The zero-order valence-corrected chi connectivity index (χ0v) is 19.4. The van der Waals surface area contributed by atoms with E-state index in [0.717, 1.165) is 24.1 Å². The van der Waals surface area contributed by atoms with Crippen LogP contribution in [0.5, 0.6) is 0 Å². The van der Waals surface area contributed by atoms with Gasteiger partial charge in [-0.2, -0.15) is 20.1 Å². The van der Waals surface area contributed by atoms with E-state index in [1.54, 1.807) is 0 Å². The second kappa shape index (κ2) is 10.8. The number of primary amides is 1. The SMILES string of the molecule is NC(=O)NN=Cc1ccc(Nc2nc(N3C[C@H](N)C[C@H](N)C3)nc(N3C[C@H](N)C[C@H](N)C3)n2)cc1. The third kappa shape index (κ3) is 6.73. The molecule has 2 aliphatic rings. The fourth-order valence-corrected chi connectivity index (χ4v) is 4.33. The van der Waals surface area contributed by atoms with Gasteiger partial charge in [0.25, 0.3) is 0 Å². The van der Waals surface area contributed by atoms with E-state index in [1.165, 1.54) is 6.21 Å². The fraction of sp³-hybridized carbons (Fsp3) is 0.476. The summed E-state index contributed by atoms with van der Waals surface area (Å²) >= 11 is 0. The molecule has 4 rings (SSSR count). The van der Waals surface area contributed by atoms with Crippen molar-refractivity contribution in [1.29, 1.82) is 0 Å². The first-order valence-corrected chi connectivity index (χ1v) is 11.5. The van der Waals surface area contributed by atoms with E-state index in [4.69, 9.17) is 33.7 Å². The van der Waals surface area contributed by atoms with Crippen LogP contribution in [0.3, 0.4) is 0 Å². The van der Waals surface area contributed by atoms with Crippen molar-refractivity contribution in [2.24, 2.45) is 33.8 Å². The number of aromatic nitrogens is 3. The molecule has 0 spiro atoms. The lowest BCUT2D eigenvalue weighted by atomic mass is 10.0. The normalized spacial score (nSPS) is 25.0. The molecule has 4 atom stereocenters. The number of nitrogens with two attached hydrogens (primary N) is 5. The van der Waals surface area contributed by atoms with E-state index in [1.807, 2.05) is 34.1 Å². The molecule has 12 N–H and O–H groups in total. The highest BCUT2D eigenvalue weighted by Gasteiger charge is 2.28. The number of urea groups is 1. The molecule has 2 aliphatic heterocycles. The van der Waals surface area contributed by atoms with Gasteiger partial charge in [-0.3, -0.25) is 0 Å². The first-order chi connectivity index (χ1) is 16.7. The van der Waals surface area contributed by atoms with Crippen molar-refractivity contribution >= 4 is 35.8 Å². The number of carbonyl (C=O) groups is 1. The summed E-state index contributed by atoms with van der Waals surface area (Å²) in [5.41, 5.74) is 33.5. The third-order valence-electron chi connectivity index (χ3n) is 5.76. The van der Waals surface area contributed by atoms with Crippen LogP contribution < -0.4 is 49.2 Å². The first-order valence-electron chi connectivity index (χ1n) is 11.5. The average Bonchev–Trinajstić information content (AvgIpc) is 2.78. The van der Waals surface area contributed by atoms with Gasteiger partial charge >= 0.3 is 6.03 Å². The van der Waals surface area contributed by atoms with E-state index < -0.39 is 6.03 Å². The lowest BCUT2D eigenvalue weighted by Gasteiger charge is -2.37. The lowest BCUT2D eigenvalue weighted by Crippen LogP contribution is -2.54. The summed E-state index contributed by atoms with van der Waals surface area (Å²) < 4.78 is 0. The van der Waals surface area contributed by atoms with Crippen LogP contribution in [0.2, 0.25) is 0 Å². The van der Waals surface area contributed by atoms with Crippen molar-refractivity contribution < 1.29 is 4.79 Å². The van der Waals surface area contributed by atoms with Crippen LogP contribution in [-0.4, -0.2) is 77.5 Å². The standard InChI is InChI=1S/C21H33N13O/c22-13-5-14(23)9-33(8-13)20-29-19(30-21(31-20)34-10-15(24)6-16(25)11-34)28-17-3-1-12(2-4-17)7-27-32-18(26)35/h1-4,7,13-16H,5-6,8-11,22-25H2,(H3,26,32,35)(H,28,29,30,31)/t13-,14+,15-,16+. The molecule has 2 fully saturated rings. The minimum Gasteiger partial charge on any atom is -0.350 e. The Kier molecular flexibility index (Phi) is 7.55. The van der Waals surface area contributed by atoms with Crippen LogP contribution in [0.4, 0.5) is 28.3 Å². The Morgan fingerprint density at radius 2 is 1.34 bits per heavy atom. The monoisotopic (exact) mass is 483 g/mol. The average molecular weight is 484 g/mol. The number of nitrogens with one attached hydrogen (secondary N) is 2. The van der Waals surface area contributed by atoms with Gasteiger partial charge in [-0.05, 0) is 30.5 Å². The molecule has 0 saturated carbocycles. The first kappa shape index (κ1) is 24.5. The predicted octanol–water partition coefficient (Wildman–Crippen LogP) is -1.65. The van der Waals surface area contributed by atoms with Crippen LogP contribution in [-0.2, 0) is 0 Å². The molecule has 188 valence electrons. The zero-order valence-electron chi connectivity index (χ0n) is 19.4. The molecule has 2 saturated heterocycles. The molecule has 2 aromatic rings. The van der Waals surface area contributed by atoms with Crippen molar-refractivity contribution in [3.63, 3.8) is 0 Å². The Bertz CT molecular complexity index is 982. The summed E-state index contributed by atoms with van der Waals surface area (Å²) in [6, 6.07) is 6.34. The van der Waals surface area contributed by atoms with Crippen molar-refractivity contribution in [3.05, 3.63) is 29.8 Å². The fourth-order valence-electron chi connectivity index (χ4n) is 4.33. The van der Waals surface area contributed by atoms with Gasteiger partial charge in [-0.25, -0.2) is 10.2 Å². The maximum absolute atomic E-state index is 10.7. The van der Waals surface area contributed by atoms with Gasteiger partial charge in [0, 0.05) is 56.0 Å². The molecule has 14 nitrogen and oxygen atoms in total. The predicted molar refractivity (Wildman–Crippen MR) is 135 cm³/mol. The smallest absolute Gasteiger partial charge is 0.332 e. The van der Waals surface area contributed by atoms with Gasteiger partial charge in [0.05, 0.1) is 6.21 Å². The maximum atomic E-state index is 10.7. The third-order valence-corrected chi connectivity index (χ3v) is 5.76. The van der Waals surface area contributed by atoms with E-state index in [-0.39, 0.29) is 24.2 Å². The number of hydrogen-bond donors (Lipinski definition) is 7. The lowest BCUT2D eigenvalue weighted by molar-refractivity contribution is 0.249. The molecular formula is C21H33N13O. The topological polar surface area (TPSA) is 229 Å². The van der Waals surface area contributed by atoms with Gasteiger partial charge in [0.15, 0.2) is 0 Å². The number of benzene rings is 1. The largest absolute Gasteiger partial charge is 0.350 e. The molecule has 14 heteroatoms. The van der Waals surface area contributed by atoms with Gasteiger partial charge in [0.1, 0.15) is 0 Å². The van der Waals surface area contributed by atoms with Gasteiger partial charge in [-0.15, -0.1) is 0 Å². The maximum Gasteiger partial charge on any atom is 0.332 e. The highest BCUT2D eigenvalue weighted by Crippen LogP contribution is 2.23. The van der Waals surface area contributed by atoms with Crippen LogP contribution in [0, 0.1) is 0 Å². The molecule has 0 bridgehead atoms. The second-order valence-electron chi connectivity index (χ2n) is 9.06. The number of hydrogen-bond acceptors (Lipinski definition) is 12. The Labute approximate surface area is 203 Å². The molecular weight excluding hydrogens is 450 g/mol. The Hall–Kier alpha value is -3.59. The summed E-state index contributed by atoms with van der Waals surface area (Å²) in [5.74, 6) is 1.37. The highest BCUT2D eigenvalue weighted by atomic mass is 16.2. The van der Waals surface area contributed by atoms with Crippen LogP contribution in [0.25, 0.3) is 0 Å². The van der Waals surface area contributed by atoms with E-state index in [9.17, 15) is 4.79 Å². The molecule has 3 heterocycles. The minimum atomic E-state index is -0.729. The number of amides is 2. The Balaban J connectivity index is 1.59. The van der Waals surface area contributed by atoms with Gasteiger partial charge in [-0.1, -0.05) is 12.1 Å². The Morgan fingerprint density at radius 1 is 0.857 bits per heavy atom. The molecule has 0 unspecified atom stereocenters. The Morgan fingerprint density at radius 3 is 1.80 bits per heavy atom. The van der Waals surface area contributed by atoms with Crippen molar-refractivity contribution in [1.82, 2.24) is 20.4 Å². The summed E-state index contributed by atoms with van der Waals surface area (Å²) in [5, 5.41) is 6.99. The summed E-state index contributed by atoms with van der Waals surface area (Å²) in [7, 11) is 0. The van der Waals surface area contributed by atoms with E-state index in [0.29, 0.717) is 44.0 Å². The molecule has 0 aliphatic carbocycles. The number of nitrogens with zero attached hydrogens (tertiary/aromatic N) is 6. The van der Waals surface area contributed by atoms with E-state index in [2.05, 4.69) is 25.8 Å². The summed E-state index contributed by atoms with van der Waals surface area (Å²) in [6.07, 6.45) is 2.99. The molecule has 0 radical (unpaired) electrons. The quantitative estimate of drug-likeness (QED) is 0.182. The van der Waals surface area contributed by atoms with Gasteiger partial charge < -0.3 is 43.8 Å². The number of anilines is 4. The molecule has 35 heavy (non-hydrogen) atoms. The summed E-state index contributed by atoms with van der Waals surface area (Å²) in [4.78, 5) is 28.7. The second-order valence-corrected chi connectivity index (χ2v) is 9.06. The number of carbonyl (C=O) groups excluding carboxylic acids is 1. The van der Waals surface area contributed by atoms with Gasteiger partial charge in [0.2, 0.25) is 17.8 Å². The van der Waals surface area contributed by atoms with Crippen LogP contribution in [0.15, 0.2) is 29.4 Å². The summed E-state index contributed by atoms with van der Waals surface area (Å²) in [6.45, 7) is 2.40. The van der Waals surface area contributed by atoms with Crippen LogP contribution in [0.1, 0.15) is 18.4 Å². The van der Waals surface area contributed by atoms with Crippen LogP contribution >= 0.6 is 0 Å². The van der Waals surface area contributed by atoms with Crippen molar-refractivity contribution in [2.45, 2.75) is 37.0 Å². The highest BCUT2D eigenvalue weighted by molar-refractivity contribution is 5.82. The molecule has 1 aromatic carbocycles. The number of rotatable bonds is 6.